The molecule has 0 aliphatic carbocycles. The number of halogens is 6. The van der Waals surface area contributed by atoms with Crippen molar-refractivity contribution >= 4 is 20.0 Å². The third-order valence-corrected chi connectivity index (χ3v) is 6.55. The summed E-state index contributed by atoms with van der Waals surface area (Å²) in [4.78, 5) is 0. The fraction of sp³-hybridized carbons (Fsp3) is 0.706. The zero-order valence-corrected chi connectivity index (χ0v) is 18.7. The first kappa shape index (κ1) is 29.6. The Balaban J connectivity index is 0.000000582. The summed E-state index contributed by atoms with van der Waals surface area (Å²) in [6, 6.07) is 4.29. The largest absolute Gasteiger partial charge is 0.480 e. The van der Waals surface area contributed by atoms with E-state index in [-0.39, 0.29) is 0 Å². The SMILES string of the molecule is CCCCCCCCC[n+]1cccc(C)c1.O=S(=O)([N-]S(=O)(=O)C(F)(F)F)C(F)(F)F. The minimum absolute atomic E-state index is 0.778. The average molecular weight is 501 g/mol. The van der Waals surface area contributed by atoms with Gasteiger partial charge in [0, 0.05) is 18.1 Å². The van der Waals surface area contributed by atoms with Crippen molar-refractivity contribution < 1.29 is 47.7 Å². The molecule has 0 N–H and O–H groups in total. The molecule has 1 heterocycles. The van der Waals surface area contributed by atoms with Crippen LogP contribution in [0.2, 0.25) is 0 Å². The summed E-state index contributed by atoms with van der Waals surface area (Å²) in [5, 5.41) is 0. The molecule has 0 amide bonds. The number of aryl methyl sites for hydroxylation is 2. The third-order valence-electron chi connectivity index (χ3n) is 3.81. The summed E-state index contributed by atoms with van der Waals surface area (Å²) in [6.07, 6.45) is 14.1. The smallest absolute Gasteiger partial charge is 0.421 e. The fourth-order valence-electron chi connectivity index (χ4n) is 2.26. The summed E-state index contributed by atoms with van der Waals surface area (Å²) >= 11 is 0. The Morgan fingerprint density at radius 2 is 1.29 bits per heavy atom. The lowest BCUT2D eigenvalue weighted by Crippen LogP contribution is -2.32. The second kappa shape index (κ2) is 12.6. The maximum atomic E-state index is 11.4. The molecular formula is C17H26F6N2O4S2. The van der Waals surface area contributed by atoms with Crippen LogP contribution in [0.5, 0.6) is 0 Å². The first-order chi connectivity index (χ1) is 14.0. The molecule has 31 heavy (non-hydrogen) atoms. The number of nitrogens with zero attached hydrogens (tertiary/aromatic N) is 2. The number of pyridine rings is 1. The van der Waals surface area contributed by atoms with Crippen molar-refractivity contribution in [2.24, 2.45) is 0 Å². The van der Waals surface area contributed by atoms with Gasteiger partial charge < -0.3 is 4.13 Å². The second-order valence-electron chi connectivity index (χ2n) is 6.66. The second-order valence-corrected chi connectivity index (χ2v) is 10.1. The van der Waals surface area contributed by atoms with Crippen LogP contribution in [0.15, 0.2) is 24.5 Å². The Kier molecular flexibility index (Phi) is 12.0. The molecule has 1 aromatic rings. The summed E-state index contributed by atoms with van der Waals surface area (Å²) in [5.41, 5.74) is -11.1. The number of unbranched alkanes of at least 4 members (excludes halogenated alkanes) is 6. The summed E-state index contributed by atoms with van der Waals surface area (Å²) in [6.45, 7) is 5.60. The first-order valence-corrected chi connectivity index (χ1v) is 12.2. The van der Waals surface area contributed by atoms with Gasteiger partial charge in [0.25, 0.3) is 0 Å². The molecule has 0 fully saturated rings. The summed E-state index contributed by atoms with van der Waals surface area (Å²) < 4.78 is 111. The molecule has 0 radical (unpaired) electrons. The topological polar surface area (TPSA) is 86.3 Å². The standard InChI is InChI=1S/C15H26N.C2F6NO4S2/c1-3-4-5-6-7-8-9-12-16-13-10-11-15(2)14-16;3-1(4,5)14(10,11)9-15(12,13)2(6,7)8/h10-11,13-14H,3-9,12H2,1-2H3;/q+1;-1. The van der Waals surface area contributed by atoms with Gasteiger partial charge in [-0.25, -0.2) is 21.4 Å². The van der Waals surface area contributed by atoms with E-state index < -0.39 is 31.1 Å². The molecule has 0 saturated carbocycles. The highest BCUT2D eigenvalue weighted by Gasteiger charge is 2.46. The monoisotopic (exact) mass is 500 g/mol. The van der Waals surface area contributed by atoms with Gasteiger partial charge >= 0.3 is 11.0 Å². The van der Waals surface area contributed by atoms with Crippen LogP contribution in [0.4, 0.5) is 26.3 Å². The van der Waals surface area contributed by atoms with Crippen molar-refractivity contribution in [1.82, 2.24) is 0 Å². The molecular weight excluding hydrogens is 474 g/mol. The molecule has 0 unspecified atom stereocenters. The maximum absolute atomic E-state index is 11.4. The van der Waals surface area contributed by atoms with E-state index >= 15 is 0 Å². The highest BCUT2D eigenvalue weighted by atomic mass is 32.3. The van der Waals surface area contributed by atoms with Gasteiger partial charge in [0.05, 0.1) is 0 Å². The zero-order valence-electron chi connectivity index (χ0n) is 17.1. The number of hydrogen-bond acceptors (Lipinski definition) is 4. The van der Waals surface area contributed by atoms with Gasteiger partial charge in [-0.15, -0.1) is 0 Å². The molecule has 6 nitrogen and oxygen atoms in total. The Hall–Kier alpha value is -1.41. The van der Waals surface area contributed by atoms with Crippen LogP contribution in [0, 0.1) is 6.92 Å². The summed E-state index contributed by atoms with van der Waals surface area (Å²) in [7, 11) is -13.4. The average Bonchev–Trinajstić information content (AvgIpc) is 2.59. The van der Waals surface area contributed by atoms with Gasteiger partial charge in [0.2, 0.25) is 0 Å². The molecule has 0 atom stereocenters. The minimum atomic E-state index is -6.72. The van der Waals surface area contributed by atoms with E-state index in [4.69, 9.17) is 0 Å². The van der Waals surface area contributed by atoms with Gasteiger partial charge in [-0.05, 0) is 19.4 Å². The van der Waals surface area contributed by atoms with E-state index in [1.807, 2.05) is 0 Å². The predicted octanol–water partition coefficient (Wildman–Crippen LogP) is 5.09. The van der Waals surface area contributed by atoms with E-state index in [2.05, 4.69) is 42.9 Å². The Morgan fingerprint density at radius 3 is 1.71 bits per heavy atom. The van der Waals surface area contributed by atoms with E-state index in [0.717, 1.165) is 4.13 Å². The van der Waals surface area contributed by atoms with Crippen molar-refractivity contribution in [3.05, 3.63) is 34.2 Å². The van der Waals surface area contributed by atoms with Gasteiger partial charge in [-0.1, -0.05) is 39.0 Å². The Morgan fingerprint density at radius 1 is 0.839 bits per heavy atom. The van der Waals surface area contributed by atoms with Gasteiger partial charge in [0.1, 0.15) is 6.54 Å². The van der Waals surface area contributed by atoms with Crippen LogP contribution < -0.4 is 4.57 Å². The van der Waals surface area contributed by atoms with Crippen molar-refractivity contribution in [2.75, 3.05) is 0 Å². The van der Waals surface area contributed by atoms with Crippen LogP contribution in [0.3, 0.4) is 0 Å². The molecule has 0 bridgehead atoms. The normalized spacial score (nSPS) is 12.9. The highest BCUT2D eigenvalue weighted by Crippen LogP contribution is 2.36. The van der Waals surface area contributed by atoms with E-state index in [1.165, 1.54) is 57.1 Å². The van der Waals surface area contributed by atoms with Crippen molar-refractivity contribution in [2.45, 2.75) is 76.4 Å². The first-order valence-electron chi connectivity index (χ1n) is 9.36. The molecule has 182 valence electrons. The lowest BCUT2D eigenvalue weighted by Gasteiger charge is -2.22. The summed E-state index contributed by atoms with van der Waals surface area (Å²) in [5.74, 6) is 0. The fourth-order valence-corrected chi connectivity index (χ4v) is 3.97. The van der Waals surface area contributed by atoms with Crippen LogP contribution in [-0.2, 0) is 26.6 Å². The Labute approximate surface area is 178 Å². The molecule has 14 heteroatoms. The highest BCUT2D eigenvalue weighted by molar-refractivity contribution is 8.13. The molecule has 0 aliphatic heterocycles. The lowest BCUT2D eigenvalue weighted by molar-refractivity contribution is -0.697. The molecule has 1 aromatic heterocycles. The van der Waals surface area contributed by atoms with Gasteiger partial charge in [-0.2, -0.15) is 26.3 Å². The number of rotatable bonds is 10. The van der Waals surface area contributed by atoms with E-state index in [1.54, 1.807) is 0 Å². The predicted molar refractivity (Wildman–Crippen MR) is 103 cm³/mol. The minimum Gasteiger partial charge on any atom is -0.421 e. The van der Waals surface area contributed by atoms with E-state index in [9.17, 15) is 43.2 Å². The molecule has 1 rings (SSSR count). The van der Waals surface area contributed by atoms with Crippen LogP contribution in [-0.4, -0.2) is 27.9 Å². The van der Waals surface area contributed by atoms with Crippen molar-refractivity contribution in [3.8, 4) is 0 Å². The Bertz CT molecular complexity index is 827. The number of sulfonamides is 2. The number of alkyl halides is 6. The van der Waals surface area contributed by atoms with E-state index in [0.29, 0.717) is 0 Å². The molecule has 0 aliphatic rings. The molecule has 0 spiro atoms. The van der Waals surface area contributed by atoms with Gasteiger partial charge in [0.15, 0.2) is 32.4 Å². The number of hydrogen-bond donors (Lipinski definition) is 0. The third kappa shape index (κ3) is 11.7. The quantitative estimate of drug-likeness (QED) is 0.254. The lowest BCUT2D eigenvalue weighted by atomic mass is 10.1. The van der Waals surface area contributed by atoms with Crippen molar-refractivity contribution in [3.63, 3.8) is 0 Å². The molecule has 0 saturated heterocycles. The van der Waals surface area contributed by atoms with Crippen LogP contribution >= 0.6 is 0 Å². The van der Waals surface area contributed by atoms with Crippen LogP contribution in [0.25, 0.3) is 4.13 Å². The van der Waals surface area contributed by atoms with Crippen molar-refractivity contribution in [1.29, 1.82) is 0 Å². The maximum Gasteiger partial charge on any atom is 0.480 e. The van der Waals surface area contributed by atoms with Crippen LogP contribution in [0.1, 0.15) is 57.4 Å². The zero-order chi connectivity index (χ0) is 24.3. The van der Waals surface area contributed by atoms with Gasteiger partial charge in [-0.3, -0.25) is 0 Å². The number of aromatic nitrogens is 1. The molecule has 0 aromatic carbocycles.